The SMILES string of the molecule is NNC(=O)c1ccc(Cn2ccn(C3CC3)c2=O)s1. The second kappa shape index (κ2) is 4.67. The normalized spacial score (nSPS) is 14.6. The van der Waals surface area contributed by atoms with E-state index in [4.69, 9.17) is 5.84 Å². The number of carbonyl (C=O) groups is 1. The van der Waals surface area contributed by atoms with Gasteiger partial charge >= 0.3 is 5.69 Å². The van der Waals surface area contributed by atoms with Crippen molar-refractivity contribution in [3.05, 3.63) is 44.8 Å². The Balaban J connectivity index is 1.79. The molecule has 2 aromatic heterocycles. The van der Waals surface area contributed by atoms with Crippen molar-refractivity contribution in [2.24, 2.45) is 5.84 Å². The molecule has 7 heteroatoms. The molecule has 0 unspecified atom stereocenters. The van der Waals surface area contributed by atoms with Gasteiger partial charge in [0.1, 0.15) is 0 Å². The van der Waals surface area contributed by atoms with E-state index in [1.165, 1.54) is 11.3 Å². The number of nitrogens with one attached hydrogen (secondary N) is 1. The number of nitrogens with zero attached hydrogens (tertiary/aromatic N) is 2. The van der Waals surface area contributed by atoms with Crippen molar-refractivity contribution in [2.45, 2.75) is 25.4 Å². The largest absolute Gasteiger partial charge is 0.328 e. The van der Waals surface area contributed by atoms with Gasteiger partial charge in [0.25, 0.3) is 5.91 Å². The van der Waals surface area contributed by atoms with Gasteiger partial charge < -0.3 is 0 Å². The van der Waals surface area contributed by atoms with Gasteiger partial charge in [-0.2, -0.15) is 0 Å². The Labute approximate surface area is 113 Å². The van der Waals surface area contributed by atoms with Crippen LogP contribution in [0.3, 0.4) is 0 Å². The summed E-state index contributed by atoms with van der Waals surface area (Å²) in [6.07, 6.45) is 5.80. The lowest BCUT2D eigenvalue weighted by molar-refractivity contribution is 0.0957. The number of hydrogen-bond acceptors (Lipinski definition) is 4. The minimum absolute atomic E-state index is 0.0146. The lowest BCUT2D eigenvalue weighted by Gasteiger charge is -1.99. The summed E-state index contributed by atoms with van der Waals surface area (Å²) < 4.78 is 3.44. The van der Waals surface area contributed by atoms with Gasteiger partial charge in [0, 0.05) is 23.3 Å². The summed E-state index contributed by atoms with van der Waals surface area (Å²) in [7, 11) is 0. The topological polar surface area (TPSA) is 82.0 Å². The number of hydrogen-bond donors (Lipinski definition) is 2. The number of amides is 1. The van der Waals surface area contributed by atoms with Crippen molar-refractivity contribution in [3.63, 3.8) is 0 Å². The summed E-state index contributed by atoms with van der Waals surface area (Å²) in [6, 6.07) is 3.94. The zero-order valence-electron chi connectivity index (χ0n) is 10.2. The first kappa shape index (κ1) is 12.2. The second-order valence-corrected chi connectivity index (χ2v) is 5.75. The quantitative estimate of drug-likeness (QED) is 0.490. The fourth-order valence-corrected chi connectivity index (χ4v) is 2.91. The van der Waals surface area contributed by atoms with Gasteiger partial charge in [-0.1, -0.05) is 0 Å². The number of carbonyl (C=O) groups excluding carboxylic acids is 1. The van der Waals surface area contributed by atoms with Crippen LogP contribution in [0.1, 0.15) is 33.4 Å². The average Bonchev–Trinajstić information content (AvgIpc) is 3.04. The Morgan fingerprint density at radius 3 is 2.89 bits per heavy atom. The van der Waals surface area contributed by atoms with Crippen molar-refractivity contribution in [1.82, 2.24) is 14.6 Å². The Kier molecular flexibility index (Phi) is 3.00. The lowest BCUT2D eigenvalue weighted by Crippen LogP contribution is -2.29. The molecular formula is C12H14N4O2S. The second-order valence-electron chi connectivity index (χ2n) is 4.59. The number of aromatic nitrogens is 2. The Morgan fingerprint density at radius 2 is 2.21 bits per heavy atom. The third-order valence-corrected chi connectivity index (χ3v) is 4.23. The number of rotatable bonds is 4. The Hall–Kier alpha value is -1.86. The van der Waals surface area contributed by atoms with Crippen molar-refractivity contribution < 1.29 is 4.79 Å². The van der Waals surface area contributed by atoms with Crippen LogP contribution in [0.5, 0.6) is 0 Å². The van der Waals surface area contributed by atoms with Gasteiger partial charge in [0.15, 0.2) is 0 Å². The highest BCUT2D eigenvalue weighted by Gasteiger charge is 2.25. The molecular weight excluding hydrogens is 264 g/mol. The number of imidazole rings is 1. The van der Waals surface area contributed by atoms with Crippen LogP contribution >= 0.6 is 11.3 Å². The molecule has 1 fully saturated rings. The van der Waals surface area contributed by atoms with E-state index in [9.17, 15) is 9.59 Å². The highest BCUT2D eigenvalue weighted by molar-refractivity contribution is 7.14. The fraction of sp³-hybridized carbons (Fsp3) is 0.333. The minimum atomic E-state index is -0.306. The van der Waals surface area contributed by atoms with E-state index in [-0.39, 0.29) is 11.6 Å². The molecule has 3 N–H and O–H groups in total. The maximum atomic E-state index is 12.1. The molecule has 0 aromatic carbocycles. The van der Waals surface area contributed by atoms with Crippen LogP contribution in [-0.2, 0) is 6.54 Å². The molecule has 0 atom stereocenters. The maximum absolute atomic E-state index is 12.1. The van der Waals surface area contributed by atoms with Gasteiger partial charge in [-0.15, -0.1) is 11.3 Å². The van der Waals surface area contributed by atoms with E-state index in [1.54, 1.807) is 21.4 Å². The molecule has 1 saturated carbocycles. The summed E-state index contributed by atoms with van der Waals surface area (Å²) in [5, 5.41) is 0. The number of thiophene rings is 1. The first-order valence-electron chi connectivity index (χ1n) is 6.06. The Bertz CT molecular complexity index is 665. The fourth-order valence-electron chi connectivity index (χ4n) is 2.00. The molecule has 0 spiro atoms. The summed E-state index contributed by atoms with van der Waals surface area (Å²) in [4.78, 5) is 24.9. The zero-order valence-corrected chi connectivity index (χ0v) is 11.0. The van der Waals surface area contributed by atoms with E-state index in [1.807, 2.05) is 12.3 Å². The third-order valence-electron chi connectivity index (χ3n) is 3.16. The average molecular weight is 278 g/mol. The highest BCUT2D eigenvalue weighted by atomic mass is 32.1. The predicted molar refractivity (Wildman–Crippen MR) is 72.0 cm³/mol. The molecule has 6 nitrogen and oxygen atoms in total. The van der Waals surface area contributed by atoms with Gasteiger partial charge in [0.05, 0.1) is 11.4 Å². The number of nitrogens with two attached hydrogens (primary N) is 1. The molecule has 2 heterocycles. The van der Waals surface area contributed by atoms with Crippen LogP contribution in [0.4, 0.5) is 0 Å². The van der Waals surface area contributed by atoms with Crippen LogP contribution in [0, 0.1) is 0 Å². The molecule has 1 aliphatic carbocycles. The van der Waals surface area contributed by atoms with E-state index in [0.29, 0.717) is 17.5 Å². The van der Waals surface area contributed by atoms with Crippen LogP contribution in [-0.4, -0.2) is 15.0 Å². The number of nitrogen functional groups attached to an aromatic ring is 1. The van der Waals surface area contributed by atoms with Crippen molar-refractivity contribution in [2.75, 3.05) is 0 Å². The monoisotopic (exact) mass is 278 g/mol. The molecule has 2 aromatic rings. The Morgan fingerprint density at radius 1 is 1.42 bits per heavy atom. The molecule has 19 heavy (non-hydrogen) atoms. The first-order chi connectivity index (χ1) is 9.19. The van der Waals surface area contributed by atoms with Gasteiger partial charge in [-0.25, -0.2) is 10.6 Å². The molecule has 1 amide bonds. The van der Waals surface area contributed by atoms with Crippen LogP contribution in [0.15, 0.2) is 29.3 Å². The molecule has 1 aliphatic rings. The molecule has 0 saturated heterocycles. The van der Waals surface area contributed by atoms with Gasteiger partial charge in [-0.05, 0) is 25.0 Å². The molecule has 0 radical (unpaired) electrons. The molecule has 0 aliphatic heterocycles. The standard InChI is InChI=1S/C12H14N4O2S/c13-14-11(17)10-4-3-9(19-10)7-15-5-6-16(12(15)18)8-1-2-8/h3-6,8H,1-2,7,13H2,(H,14,17). The number of hydrazine groups is 1. The van der Waals surface area contributed by atoms with E-state index in [2.05, 4.69) is 5.43 Å². The van der Waals surface area contributed by atoms with Gasteiger partial charge in [-0.3, -0.25) is 19.4 Å². The van der Waals surface area contributed by atoms with Gasteiger partial charge in [0.2, 0.25) is 0 Å². The first-order valence-corrected chi connectivity index (χ1v) is 6.87. The predicted octanol–water partition coefficient (Wildman–Crippen LogP) is 0.698. The zero-order chi connectivity index (χ0) is 13.4. The molecule has 100 valence electrons. The summed E-state index contributed by atoms with van der Waals surface area (Å²) >= 11 is 1.34. The smallest absolute Gasteiger partial charge is 0.296 e. The third kappa shape index (κ3) is 2.34. The van der Waals surface area contributed by atoms with E-state index >= 15 is 0 Å². The van der Waals surface area contributed by atoms with Crippen LogP contribution in [0.25, 0.3) is 0 Å². The highest BCUT2D eigenvalue weighted by Crippen LogP contribution is 2.33. The molecule has 0 bridgehead atoms. The van der Waals surface area contributed by atoms with Crippen LogP contribution in [0.2, 0.25) is 0 Å². The van der Waals surface area contributed by atoms with Crippen LogP contribution < -0.4 is 17.0 Å². The summed E-state index contributed by atoms with van der Waals surface area (Å²) in [5.41, 5.74) is 2.11. The van der Waals surface area contributed by atoms with Crippen molar-refractivity contribution >= 4 is 17.2 Å². The van der Waals surface area contributed by atoms with Crippen molar-refractivity contribution in [3.8, 4) is 0 Å². The maximum Gasteiger partial charge on any atom is 0.328 e. The minimum Gasteiger partial charge on any atom is -0.296 e. The summed E-state index contributed by atoms with van der Waals surface area (Å²) in [6.45, 7) is 0.487. The van der Waals surface area contributed by atoms with Crippen molar-refractivity contribution in [1.29, 1.82) is 0 Å². The lowest BCUT2D eigenvalue weighted by atomic mass is 10.4. The molecule has 3 rings (SSSR count). The van der Waals surface area contributed by atoms with E-state index < -0.39 is 0 Å². The summed E-state index contributed by atoms with van der Waals surface area (Å²) in [5.74, 6) is 4.78. The van der Waals surface area contributed by atoms with E-state index in [0.717, 1.165) is 17.7 Å².